The van der Waals surface area contributed by atoms with Crippen LogP contribution in [0.4, 0.5) is 5.69 Å². The molecule has 1 heterocycles. The van der Waals surface area contributed by atoms with Crippen molar-refractivity contribution in [3.63, 3.8) is 0 Å². The van der Waals surface area contributed by atoms with E-state index in [1.807, 2.05) is 78.9 Å². The Morgan fingerprint density at radius 2 is 1.40 bits per heavy atom. The number of aromatic carboxylic acids is 1. The lowest BCUT2D eigenvalue weighted by Crippen LogP contribution is -2.17. The van der Waals surface area contributed by atoms with Crippen LogP contribution in [-0.4, -0.2) is 41.3 Å². The van der Waals surface area contributed by atoms with Gasteiger partial charge in [0.05, 0.1) is 34.6 Å². The number of ether oxygens (including phenoxy) is 1. The number of non-ortho nitro benzene ring substituents is 1. The van der Waals surface area contributed by atoms with Gasteiger partial charge in [-0.2, -0.15) is 0 Å². The van der Waals surface area contributed by atoms with Crippen molar-refractivity contribution in [2.24, 2.45) is 0 Å². The summed E-state index contributed by atoms with van der Waals surface area (Å²) in [6.07, 6.45) is 1.11. The molecular weight excluding hydrogens is 653 g/mol. The van der Waals surface area contributed by atoms with Crippen LogP contribution < -0.4 is 4.74 Å². The van der Waals surface area contributed by atoms with Gasteiger partial charge in [0, 0.05) is 35.2 Å². The van der Waals surface area contributed by atoms with Crippen molar-refractivity contribution in [2.75, 3.05) is 12.4 Å². The van der Waals surface area contributed by atoms with Gasteiger partial charge in [-0.15, -0.1) is 0 Å². The first-order valence-corrected chi connectivity index (χ1v) is 18.1. The molecular formula is C40H36N2O7S. The molecule has 0 saturated carbocycles. The average Bonchev–Trinajstić information content (AvgIpc) is 3.41. The topological polar surface area (TPSA) is 129 Å². The van der Waals surface area contributed by atoms with Gasteiger partial charge in [-0.1, -0.05) is 91.0 Å². The van der Waals surface area contributed by atoms with Crippen LogP contribution in [0.2, 0.25) is 0 Å². The number of sulfone groups is 1. The minimum Gasteiger partial charge on any atom is -0.493 e. The Bertz CT molecular complexity index is 2160. The first kappa shape index (κ1) is 34.1. The second kappa shape index (κ2) is 15.2. The summed E-state index contributed by atoms with van der Waals surface area (Å²) < 4.78 is 34.8. The van der Waals surface area contributed by atoms with Crippen molar-refractivity contribution in [3.8, 4) is 5.75 Å². The van der Waals surface area contributed by atoms with Crippen molar-refractivity contribution in [1.82, 2.24) is 4.57 Å². The van der Waals surface area contributed by atoms with Crippen LogP contribution in [0.3, 0.4) is 0 Å². The Kier molecular flexibility index (Phi) is 10.4. The lowest BCUT2D eigenvalue weighted by atomic mass is 9.97. The third-order valence-electron chi connectivity index (χ3n) is 8.72. The molecule has 0 saturated heterocycles. The molecule has 0 aliphatic rings. The molecule has 0 fully saturated rings. The highest BCUT2D eigenvalue weighted by Gasteiger charge is 2.27. The van der Waals surface area contributed by atoms with E-state index in [1.54, 1.807) is 36.4 Å². The molecule has 0 bridgehead atoms. The summed E-state index contributed by atoms with van der Waals surface area (Å²) in [5, 5.41) is 22.0. The number of nitro groups is 1. The van der Waals surface area contributed by atoms with Crippen LogP contribution in [0.15, 0.2) is 133 Å². The minimum absolute atomic E-state index is 0.0310. The molecule has 5 aromatic carbocycles. The number of nitro benzene ring substituents is 1. The summed E-state index contributed by atoms with van der Waals surface area (Å²) in [6.45, 7) is 0.203. The van der Waals surface area contributed by atoms with Gasteiger partial charge in [0.2, 0.25) is 0 Å². The van der Waals surface area contributed by atoms with Gasteiger partial charge in [-0.3, -0.25) is 10.1 Å². The number of benzene rings is 5. The number of carboxylic acids is 1. The van der Waals surface area contributed by atoms with E-state index in [2.05, 4.69) is 4.57 Å². The molecule has 0 spiro atoms. The number of fused-ring (bicyclic) bond motifs is 1. The number of aromatic nitrogens is 1. The summed E-state index contributed by atoms with van der Waals surface area (Å²) in [7, 11) is -3.43. The van der Waals surface area contributed by atoms with Crippen LogP contribution in [0.1, 0.15) is 50.8 Å². The highest BCUT2D eigenvalue weighted by atomic mass is 32.2. The number of hydrogen-bond acceptors (Lipinski definition) is 6. The van der Waals surface area contributed by atoms with E-state index < -0.39 is 20.7 Å². The summed E-state index contributed by atoms with van der Waals surface area (Å²) in [4.78, 5) is 22.9. The quantitative estimate of drug-likeness (QED) is 0.0854. The second-order valence-electron chi connectivity index (χ2n) is 12.1. The second-order valence-corrected chi connectivity index (χ2v) is 14.3. The molecule has 0 aliphatic carbocycles. The van der Waals surface area contributed by atoms with Crippen molar-refractivity contribution >= 4 is 32.4 Å². The maximum atomic E-state index is 13.3. The summed E-state index contributed by atoms with van der Waals surface area (Å²) in [5.74, 6) is -0.629. The van der Waals surface area contributed by atoms with Crippen molar-refractivity contribution in [2.45, 2.75) is 31.1 Å². The lowest BCUT2D eigenvalue weighted by Gasteiger charge is -2.25. The van der Waals surface area contributed by atoms with Crippen LogP contribution in [0.5, 0.6) is 5.75 Å². The number of carbonyl (C=O) groups is 1. The largest absolute Gasteiger partial charge is 0.493 e. The fraction of sp³-hybridized carbons (Fsp3) is 0.175. The lowest BCUT2D eigenvalue weighted by molar-refractivity contribution is -0.384. The average molecular weight is 689 g/mol. The Labute approximate surface area is 290 Å². The molecule has 10 heteroatoms. The fourth-order valence-corrected chi connectivity index (χ4v) is 7.90. The van der Waals surface area contributed by atoms with Gasteiger partial charge in [-0.25, -0.2) is 13.2 Å². The molecule has 0 amide bonds. The van der Waals surface area contributed by atoms with Crippen molar-refractivity contribution in [1.29, 1.82) is 0 Å². The summed E-state index contributed by atoms with van der Waals surface area (Å²) >= 11 is 0. The van der Waals surface area contributed by atoms with E-state index in [1.165, 1.54) is 18.2 Å². The minimum atomic E-state index is -3.43. The highest BCUT2D eigenvalue weighted by Crippen LogP contribution is 2.38. The Balaban J connectivity index is 1.44. The fourth-order valence-electron chi connectivity index (χ4n) is 6.47. The maximum Gasteiger partial charge on any atom is 0.335 e. The van der Waals surface area contributed by atoms with E-state index in [0.717, 1.165) is 33.5 Å². The standard InChI is InChI=1S/C40H36N2O7S/c43-40(44)32-18-21-34(22-19-32)49-25-24-35-36-27-33(42(45)46)20-23-38(36)41(39(30-13-6-2-7-14-30)31-15-8-3-9-16-31)37(35)17-10-26-50(47,48)28-29-11-4-1-5-12-29/h1-9,11-16,18-23,27,39H,10,17,24-26,28H2,(H,43,44). The van der Waals surface area contributed by atoms with E-state index in [0.29, 0.717) is 30.4 Å². The van der Waals surface area contributed by atoms with Crippen molar-refractivity contribution < 1.29 is 28.0 Å². The van der Waals surface area contributed by atoms with Gasteiger partial charge in [0.1, 0.15) is 5.75 Å². The molecule has 254 valence electrons. The first-order valence-electron chi connectivity index (χ1n) is 16.3. The first-order chi connectivity index (χ1) is 24.2. The number of nitrogens with zero attached hydrogens (tertiary/aromatic N) is 2. The maximum absolute atomic E-state index is 13.3. The third-order valence-corrected chi connectivity index (χ3v) is 10.4. The van der Waals surface area contributed by atoms with E-state index in [9.17, 15) is 28.4 Å². The van der Waals surface area contributed by atoms with Crippen LogP contribution in [-0.2, 0) is 28.4 Å². The molecule has 1 aromatic heterocycles. The number of hydrogen-bond donors (Lipinski definition) is 1. The predicted octanol–water partition coefficient (Wildman–Crippen LogP) is 8.05. The zero-order valence-electron chi connectivity index (χ0n) is 27.2. The molecule has 0 aliphatic heterocycles. The molecule has 6 rings (SSSR count). The van der Waals surface area contributed by atoms with Gasteiger partial charge >= 0.3 is 5.97 Å². The Morgan fingerprint density at radius 1 is 0.800 bits per heavy atom. The van der Waals surface area contributed by atoms with Crippen LogP contribution >= 0.6 is 0 Å². The molecule has 9 nitrogen and oxygen atoms in total. The van der Waals surface area contributed by atoms with E-state index in [4.69, 9.17) is 4.74 Å². The smallest absolute Gasteiger partial charge is 0.335 e. The molecule has 6 aromatic rings. The van der Waals surface area contributed by atoms with Gasteiger partial charge < -0.3 is 14.4 Å². The predicted molar refractivity (Wildman–Crippen MR) is 194 cm³/mol. The Morgan fingerprint density at radius 3 is 1.98 bits per heavy atom. The van der Waals surface area contributed by atoms with Crippen LogP contribution in [0, 0.1) is 10.1 Å². The normalized spacial score (nSPS) is 11.5. The van der Waals surface area contributed by atoms with E-state index in [-0.39, 0.29) is 35.4 Å². The zero-order chi connectivity index (χ0) is 35.1. The SMILES string of the molecule is O=C(O)c1ccc(OCCc2c(CCCS(=O)(=O)Cc3ccccc3)n(C(c3ccccc3)c3ccccc3)c3ccc([N+](=O)[O-])cc23)cc1. The van der Waals surface area contributed by atoms with Gasteiger partial charge in [0.25, 0.3) is 5.69 Å². The van der Waals surface area contributed by atoms with Gasteiger partial charge in [0.15, 0.2) is 9.84 Å². The van der Waals surface area contributed by atoms with E-state index >= 15 is 0 Å². The molecule has 0 atom stereocenters. The Hall–Kier alpha value is -5.74. The summed E-state index contributed by atoms with van der Waals surface area (Å²) in [5.41, 5.74) is 5.34. The summed E-state index contributed by atoms with van der Waals surface area (Å²) in [6, 6.07) is 39.8. The number of carboxylic acid groups (broad SMARTS) is 1. The van der Waals surface area contributed by atoms with Crippen molar-refractivity contribution in [3.05, 3.63) is 177 Å². The molecule has 50 heavy (non-hydrogen) atoms. The highest BCUT2D eigenvalue weighted by molar-refractivity contribution is 7.90. The monoisotopic (exact) mass is 688 g/mol. The molecule has 0 unspecified atom stereocenters. The van der Waals surface area contributed by atoms with Crippen LogP contribution in [0.25, 0.3) is 10.9 Å². The number of rotatable bonds is 15. The zero-order valence-corrected chi connectivity index (χ0v) is 28.0. The van der Waals surface area contributed by atoms with Gasteiger partial charge in [-0.05, 0) is 65.4 Å². The molecule has 1 N–H and O–H groups in total. The third kappa shape index (κ3) is 7.93. The molecule has 0 radical (unpaired) electrons.